The Kier molecular flexibility index (Phi) is 3.60. The minimum atomic E-state index is -0.242. The van der Waals surface area contributed by atoms with Crippen LogP contribution in [0, 0.1) is 5.41 Å². The Morgan fingerprint density at radius 2 is 2.11 bits per heavy atom. The number of carbonyl (C=O) groups is 1. The van der Waals surface area contributed by atoms with E-state index in [9.17, 15) is 9.59 Å². The van der Waals surface area contributed by atoms with Crippen LogP contribution in [0.4, 0.5) is 0 Å². The summed E-state index contributed by atoms with van der Waals surface area (Å²) in [6.07, 6.45) is 4.54. The van der Waals surface area contributed by atoms with Gasteiger partial charge in [-0.05, 0) is 17.9 Å². The van der Waals surface area contributed by atoms with E-state index in [1.54, 1.807) is 11.0 Å². The Morgan fingerprint density at radius 3 is 2.63 bits per heavy atom. The van der Waals surface area contributed by atoms with Gasteiger partial charge in [-0.25, -0.2) is 0 Å². The van der Waals surface area contributed by atoms with Crippen LogP contribution in [-0.2, 0) is 0 Å². The maximum Gasteiger partial charge on any atom is 0.254 e. The van der Waals surface area contributed by atoms with Gasteiger partial charge in [0, 0.05) is 30.9 Å². The minimum absolute atomic E-state index is 0.0738. The van der Waals surface area contributed by atoms with Crippen LogP contribution in [0.25, 0.3) is 0 Å². The standard InChI is InChI=1S/C15H20N2O2/c1-15(2,3)12-5-8-17(9-6-12)14(19)11-4-7-16-13(18)10-11/h4-5,7,10H,6,8-9H2,1-3H3,(H,16,18). The monoisotopic (exact) mass is 260 g/mol. The van der Waals surface area contributed by atoms with Crippen LogP contribution < -0.4 is 5.56 Å². The number of H-pyrrole nitrogens is 1. The van der Waals surface area contributed by atoms with E-state index in [-0.39, 0.29) is 16.9 Å². The molecule has 2 rings (SSSR count). The van der Waals surface area contributed by atoms with Crippen molar-refractivity contribution in [3.63, 3.8) is 0 Å². The van der Waals surface area contributed by atoms with E-state index in [4.69, 9.17) is 0 Å². The molecule has 102 valence electrons. The van der Waals surface area contributed by atoms with Crippen LogP contribution >= 0.6 is 0 Å². The molecule has 1 aliphatic rings. The molecule has 4 heteroatoms. The number of pyridine rings is 1. The fourth-order valence-corrected chi connectivity index (χ4v) is 2.29. The molecule has 0 radical (unpaired) electrons. The van der Waals surface area contributed by atoms with E-state index in [1.165, 1.54) is 17.8 Å². The number of amides is 1. The maximum atomic E-state index is 12.3. The van der Waals surface area contributed by atoms with Gasteiger partial charge in [0.25, 0.3) is 5.91 Å². The van der Waals surface area contributed by atoms with Crippen LogP contribution in [0.1, 0.15) is 37.6 Å². The van der Waals surface area contributed by atoms with Crippen LogP contribution in [0.3, 0.4) is 0 Å². The molecule has 0 fully saturated rings. The molecule has 19 heavy (non-hydrogen) atoms. The Morgan fingerprint density at radius 1 is 1.37 bits per heavy atom. The summed E-state index contributed by atoms with van der Waals surface area (Å²) in [7, 11) is 0. The first-order chi connectivity index (χ1) is 8.88. The molecule has 4 nitrogen and oxygen atoms in total. The van der Waals surface area contributed by atoms with Crippen LogP contribution in [0.2, 0.25) is 0 Å². The molecular formula is C15H20N2O2. The second-order valence-electron chi connectivity index (χ2n) is 5.92. The van der Waals surface area contributed by atoms with Crippen LogP contribution in [0.5, 0.6) is 0 Å². The smallest absolute Gasteiger partial charge is 0.254 e. The van der Waals surface area contributed by atoms with Crippen molar-refractivity contribution in [2.45, 2.75) is 27.2 Å². The summed E-state index contributed by atoms with van der Waals surface area (Å²) >= 11 is 0. The highest BCUT2D eigenvalue weighted by molar-refractivity contribution is 5.94. The zero-order valence-electron chi connectivity index (χ0n) is 11.7. The molecule has 1 N–H and O–H groups in total. The molecule has 0 aliphatic carbocycles. The zero-order chi connectivity index (χ0) is 14.0. The predicted octanol–water partition coefficient (Wildman–Crippen LogP) is 2.19. The Balaban J connectivity index is 2.12. The number of aromatic amines is 1. The summed E-state index contributed by atoms with van der Waals surface area (Å²) < 4.78 is 0. The third-order valence-corrected chi connectivity index (χ3v) is 3.48. The van der Waals surface area contributed by atoms with Gasteiger partial charge in [-0.2, -0.15) is 0 Å². The average molecular weight is 260 g/mol. The Bertz CT molecular complexity index is 564. The van der Waals surface area contributed by atoms with E-state index in [1.807, 2.05) is 0 Å². The molecule has 1 amide bonds. The lowest BCUT2D eigenvalue weighted by atomic mass is 9.83. The molecule has 0 bridgehead atoms. The molecular weight excluding hydrogens is 240 g/mol. The Labute approximate surface area is 113 Å². The van der Waals surface area contributed by atoms with Crippen molar-refractivity contribution in [2.75, 3.05) is 13.1 Å². The summed E-state index contributed by atoms with van der Waals surface area (Å²) in [5.74, 6) is -0.0738. The number of carbonyl (C=O) groups excluding carboxylic acids is 1. The summed E-state index contributed by atoms with van der Waals surface area (Å²) in [4.78, 5) is 27.8. The van der Waals surface area contributed by atoms with E-state index in [0.717, 1.165) is 6.42 Å². The van der Waals surface area contributed by atoms with Crippen molar-refractivity contribution in [1.82, 2.24) is 9.88 Å². The van der Waals surface area contributed by atoms with Gasteiger partial charge in [0.1, 0.15) is 0 Å². The number of rotatable bonds is 1. The van der Waals surface area contributed by atoms with E-state index >= 15 is 0 Å². The number of nitrogens with zero attached hydrogens (tertiary/aromatic N) is 1. The fraction of sp³-hybridized carbons (Fsp3) is 0.467. The van der Waals surface area contributed by atoms with Crippen molar-refractivity contribution in [2.24, 2.45) is 5.41 Å². The van der Waals surface area contributed by atoms with Crippen molar-refractivity contribution in [1.29, 1.82) is 0 Å². The highest BCUT2D eigenvalue weighted by atomic mass is 16.2. The first-order valence-electron chi connectivity index (χ1n) is 6.55. The topological polar surface area (TPSA) is 53.2 Å². The maximum absolute atomic E-state index is 12.3. The Hall–Kier alpha value is -1.84. The molecule has 1 aliphatic heterocycles. The molecule has 0 unspecified atom stereocenters. The third kappa shape index (κ3) is 3.13. The first-order valence-corrected chi connectivity index (χ1v) is 6.55. The molecule has 0 saturated carbocycles. The highest BCUT2D eigenvalue weighted by Crippen LogP contribution is 2.30. The molecule has 0 atom stereocenters. The largest absolute Gasteiger partial charge is 0.335 e. The molecule has 2 heterocycles. The van der Waals surface area contributed by atoms with E-state index in [2.05, 4.69) is 31.8 Å². The lowest BCUT2D eigenvalue weighted by Crippen LogP contribution is -2.36. The average Bonchev–Trinajstić information content (AvgIpc) is 2.37. The van der Waals surface area contributed by atoms with Crippen molar-refractivity contribution < 1.29 is 4.79 Å². The summed E-state index contributed by atoms with van der Waals surface area (Å²) in [6.45, 7) is 7.90. The van der Waals surface area contributed by atoms with Crippen LogP contribution in [0.15, 0.2) is 34.8 Å². The van der Waals surface area contributed by atoms with Crippen molar-refractivity contribution in [3.05, 3.63) is 45.9 Å². The summed E-state index contributed by atoms with van der Waals surface area (Å²) in [5, 5.41) is 0. The van der Waals surface area contributed by atoms with E-state index < -0.39 is 0 Å². The lowest BCUT2D eigenvalue weighted by Gasteiger charge is -2.32. The van der Waals surface area contributed by atoms with E-state index in [0.29, 0.717) is 18.7 Å². The van der Waals surface area contributed by atoms with Gasteiger partial charge >= 0.3 is 0 Å². The van der Waals surface area contributed by atoms with Gasteiger partial charge in [-0.1, -0.05) is 32.4 Å². The normalized spacial score (nSPS) is 16.2. The SMILES string of the molecule is CC(C)(C)C1=CCN(C(=O)c2cc[nH]c(=O)c2)CC1. The number of hydrogen-bond donors (Lipinski definition) is 1. The highest BCUT2D eigenvalue weighted by Gasteiger charge is 2.24. The second kappa shape index (κ2) is 5.03. The zero-order valence-corrected chi connectivity index (χ0v) is 11.7. The minimum Gasteiger partial charge on any atom is -0.335 e. The van der Waals surface area contributed by atoms with Gasteiger partial charge in [0.2, 0.25) is 5.56 Å². The van der Waals surface area contributed by atoms with Gasteiger partial charge in [0.05, 0.1) is 0 Å². The van der Waals surface area contributed by atoms with Gasteiger partial charge in [0.15, 0.2) is 0 Å². The number of nitrogens with one attached hydrogen (secondary N) is 1. The number of hydrogen-bond acceptors (Lipinski definition) is 2. The van der Waals surface area contributed by atoms with Crippen molar-refractivity contribution in [3.8, 4) is 0 Å². The lowest BCUT2D eigenvalue weighted by molar-refractivity contribution is 0.0764. The molecule has 0 aromatic carbocycles. The molecule has 0 spiro atoms. The molecule has 1 aromatic rings. The van der Waals surface area contributed by atoms with Gasteiger partial charge in [-0.3, -0.25) is 9.59 Å². The quantitative estimate of drug-likeness (QED) is 0.787. The number of aromatic nitrogens is 1. The molecule has 0 saturated heterocycles. The summed E-state index contributed by atoms with van der Waals surface area (Å²) in [5.41, 5.74) is 1.77. The summed E-state index contributed by atoms with van der Waals surface area (Å²) in [6, 6.07) is 3.00. The van der Waals surface area contributed by atoms with Crippen LogP contribution in [-0.4, -0.2) is 28.9 Å². The van der Waals surface area contributed by atoms with Gasteiger partial charge < -0.3 is 9.88 Å². The fourth-order valence-electron chi connectivity index (χ4n) is 2.29. The second-order valence-corrected chi connectivity index (χ2v) is 5.92. The van der Waals surface area contributed by atoms with Gasteiger partial charge in [-0.15, -0.1) is 0 Å². The van der Waals surface area contributed by atoms with Crippen molar-refractivity contribution >= 4 is 5.91 Å². The first kappa shape index (κ1) is 13.6. The third-order valence-electron chi connectivity index (χ3n) is 3.48. The molecule has 1 aromatic heterocycles. The predicted molar refractivity (Wildman–Crippen MR) is 75.1 cm³/mol.